The van der Waals surface area contributed by atoms with Crippen LogP contribution in [-0.4, -0.2) is 33.7 Å². The number of non-ortho nitro benzene ring substituents is 1. The Bertz CT molecular complexity index is 1090. The van der Waals surface area contributed by atoms with Crippen molar-refractivity contribution in [3.63, 3.8) is 0 Å². The molecule has 12 heteroatoms. The Morgan fingerprint density at radius 3 is 2.19 bits per heavy atom. The minimum atomic E-state index is -4.53. The van der Waals surface area contributed by atoms with Crippen LogP contribution in [0.15, 0.2) is 48.5 Å². The quantitative estimate of drug-likeness (QED) is 0.411. The molecule has 2 atom stereocenters. The van der Waals surface area contributed by atoms with Gasteiger partial charge in [-0.3, -0.25) is 19.7 Å². The fourth-order valence-electron chi connectivity index (χ4n) is 3.23. The molecule has 9 nitrogen and oxygen atoms in total. The van der Waals surface area contributed by atoms with Crippen molar-refractivity contribution in [3.05, 3.63) is 69.8 Å². The van der Waals surface area contributed by atoms with Gasteiger partial charge in [0.25, 0.3) is 11.6 Å². The number of alkyl halides is 3. The number of rotatable bonds is 5. The number of nitro benzene ring substituents is 1. The van der Waals surface area contributed by atoms with Gasteiger partial charge in [-0.1, -0.05) is 0 Å². The highest BCUT2D eigenvalue weighted by molar-refractivity contribution is 6.11. The second-order valence-corrected chi connectivity index (χ2v) is 7.27. The highest BCUT2D eigenvalue weighted by atomic mass is 19.4. The van der Waals surface area contributed by atoms with Crippen LogP contribution >= 0.6 is 0 Å². The summed E-state index contributed by atoms with van der Waals surface area (Å²) >= 11 is 0. The molecule has 0 spiro atoms. The molecule has 0 saturated carbocycles. The van der Waals surface area contributed by atoms with Crippen molar-refractivity contribution in [1.29, 1.82) is 0 Å². The predicted molar refractivity (Wildman–Crippen MR) is 105 cm³/mol. The summed E-state index contributed by atoms with van der Waals surface area (Å²) in [6.45, 7) is 2.69. The van der Waals surface area contributed by atoms with Gasteiger partial charge in [0.15, 0.2) is 0 Å². The van der Waals surface area contributed by atoms with E-state index in [9.17, 15) is 37.7 Å². The van der Waals surface area contributed by atoms with Crippen LogP contribution in [0, 0.1) is 10.1 Å². The maximum Gasteiger partial charge on any atom is 0.416 e. The van der Waals surface area contributed by atoms with E-state index in [1.165, 1.54) is 38.1 Å². The number of nitrogens with one attached hydrogen (secondary N) is 2. The summed E-state index contributed by atoms with van der Waals surface area (Å²) in [5, 5.41) is 15.7. The van der Waals surface area contributed by atoms with Crippen molar-refractivity contribution in [1.82, 2.24) is 10.2 Å². The molecule has 0 bridgehead atoms. The Hall–Kier alpha value is -3.96. The van der Waals surface area contributed by atoms with E-state index in [0.717, 1.165) is 24.3 Å². The van der Waals surface area contributed by atoms with Gasteiger partial charge in [0.2, 0.25) is 5.91 Å². The molecule has 3 rings (SSSR count). The zero-order valence-electron chi connectivity index (χ0n) is 16.8. The molecule has 0 radical (unpaired) electrons. The van der Waals surface area contributed by atoms with Gasteiger partial charge in [0, 0.05) is 17.8 Å². The van der Waals surface area contributed by atoms with Crippen molar-refractivity contribution in [2.24, 2.45) is 0 Å². The average molecular weight is 450 g/mol. The van der Waals surface area contributed by atoms with Crippen molar-refractivity contribution in [3.8, 4) is 0 Å². The number of hydrogen-bond donors (Lipinski definition) is 2. The summed E-state index contributed by atoms with van der Waals surface area (Å²) in [5.41, 5.74) is -2.32. The molecule has 2 unspecified atom stereocenters. The number of anilines is 1. The molecule has 1 saturated heterocycles. The Labute approximate surface area is 179 Å². The van der Waals surface area contributed by atoms with Crippen molar-refractivity contribution in [2.45, 2.75) is 31.6 Å². The molecule has 1 aliphatic heterocycles. The summed E-state index contributed by atoms with van der Waals surface area (Å²) in [7, 11) is 0. The van der Waals surface area contributed by atoms with Gasteiger partial charge in [-0.15, -0.1) is 0 Å². The second kappa shape index (κ2) is 7.94. The maximum absolute atomic E-state index is 13.0. The zero-order valence-corrected chi connectivity index (χ0v) is 16.8. The smallest absolute Gasteiger partial charge is 0.324 e. The van der Waals surface area contributed by atoms with Crippen molar-refractivity contribution in [2.75, 3.05) is 5.32 Å². The second-order valence-electron chi connectivity index (χ2n) is 7.27. The summed E-state index contributed by atoms with van der Waals surface area (Å²) in [6, 6.07) is 6.57. The maximum atomic E-state index is 13.0. The molecule has 1 fully saturated rings. The standard InChI is InChI=1S/C20H17F3N4O5/c1-11(16(28)24-14-7-3-13(4-8-14)20(21,22)23)26-17(29)19(2,25-18(26)30)12-5-9-15(10-6-12)27(31)32/h3-11H,1-2H3,(H,24,28)(H,25,30). The Balaban J connectivity index is 1.77. The van der Waals surface area contributed by atoms with E-state index in [1.54, 1.807) is 0 Å². The third kappa shape index (κ3) is 4.11. The number of amides is 4. The van der Waals surface area contributed by atoms with Gasteiger partial charge in [-0.2, -0.15) is 13.2 Å². The molecule has 2 aromatic carbocycles. The number of carbonyl (C=O) groups excluding carboxylic acids is 3. The molecule has 0 aromatic heterocycles. The number of hydrogen-bond acceptors (Lipinski definition) is 5. The lowest BCUT2D eigenvalue weighted by Crippen LogP contribution is -2.47. The van der Waals surface area contributed by atoms with E-state index >= 15 is 0 Å². The van der Waals surface area contributed by atoms with Crippen LogP contribution in [0.1, 0.15) is 25.0 Å². The van der Waals surface area contributed by atoms with Gasteiger partial charge in [0.05, 0.1) is 10.5 Å². The summed E-state index contributed by atoms with van der Waals surface area (Å²) < 4.78 is 38.0. The topological polar surface area (TPSA) is 122 Å². The van der Waals surface area contributed by atoms with Crippen molar-refractivity contribution < 1.29 is 32.5 Å². The van der Waals surface area contributed by atoms with E-state index in [2.05, 4.69) is 10.6 Å². The monoisotopic (exact) mass is 450 g/mol. The highest BCUT2D eigenvalue weighted by Gasteiger charge is 2.51. The third-order valence-electron chi connectivity index (χ3n) is 5.12. The molecular formula is C20H17F3N4O5. The fourth-order valence-corrected chi connectivity index (χ4v) is 3.23. The van der Waals surface area contributed by atoms with Gasteiger partial charge in [0.1, 0.15) is 11.6 Å². The minimum Gasteiger partial charge on any atom is -0.324 e. The Kier molecular flexibility index (Phi) is 5.64. The fraction of sp³-hybridized carbons (Fsp3) is 0.250. The summed E-state index contributed by atoms with van der Waals surface area (Å²) in [4.78, 5) is 49.0. The van der Waals surface area contributed by atoms with Gasteiger partial charge in [-0.25, -0.2) is 9.69 Å². The van der Waals surface area contributed by atoms with Crippen LogP contribution in [-0.2, 0) is 21.3 Å². The van der Waals surface area contributed by atoms with Crippen LogP contribution in [0.25, 0.3) is 0 Å². The van der Waals surface area contributed by atoms with E-state index < -0.39 is 46.1 Å². The van der Waals surface area contributed by atoms with Crippen LogP contribution in [0.5, 0.6) is 0 Å². The number of imide groups is 1. The van der Waals surface area contributed by atoms with E-state index in [0.29, 0.717) is 4.90 Å². The number of carbonyl (C=O) groups is 3. The number of nitrogens with zero attached hydrogens (tertiary/aromatic N) is 2. The molecule has 4 amide bonds. The SMILES string of the molecule is CC(C(=O)Nc1ccc(C(F)(F)F)cc1)N1C(=O)NC(C)(c2ccc([N+](=O)[O-])cc2)C1=O. The molecule has 1 aliphatic rings. The summed E-state index contributed by atoms with van der Waals surface area (Å²) in [5.74, 6) is -1.55. The molecule has 0 aliphatic carbocycles. The zero-order chi connectivity index (χ0) is 23.8. The van der Waals surface area contributed by atoms with Gasteiger partial charge < -0.3 is 10.6 Å². The average Bonchev–Trinajstić information content (AvgIpc) is 2.96. The normalized spacial score (nSPS) is 19.5. The Morgan fingerprint density at radius 1 is 1.12 bits per heavy atom. The predicted octanol–water partition coefficient (Wildman–Crippen LogP) is 3.41. The largest absolute Gasteiger partial charge is 0.416 e. The third-order valence-corrected chi connectivity index (χ3v) is 5.12. The minimum absolute atomic E-state index is 0.0556. The van der Waals surface area contributed by atoms with Crippen LogP contribution in [0.3, 0.4) is 0 Å². The number of nitro groups is 1. The number of benzene rings is 2. The number of urea groups is 1. The van der Waals surface area contributed by atoms with Crippen LogP contribution < -0.4 is 10.6 Å². The lowest BCUT2D eigenvalue weighted by molar-refractivity contribution is -0.384. The Morgan fingerprint density at radius 2 is 1.69 bits per heavy atom. The summed E-state index contributed by atoms with van der Waals surface area (Å²) in [6.07, 6.45) is -4.53. The van der Waals surface area contributed by atoms with Crippen LogP contribution in [0.4, 0.5) is 29.3 Å². The lowest BCUT2D eigenvalue weighted by Gasteiger charge is -2.24. The first-order chi connectivity index (χ1) is 14.8. The number of halogens is 3. The molecule has 2 aromatic rings. The van der Waals surface area contributed by atoms with Gasteiger partial charge in [-0.05, 0) is 55.8 Å². The first kappa shape index (κ1) is 22.7. The molecule has 2 N–H and O–H groups in total. The van der Waals surface area contributed by atoms with Gasteiger partial charge >= 0.3 is 12.2 Å². The van der Waals surface area contributed by atoms with E-state index in [1.807, 2.05) is 0 Å². The first-order valence-corrected chi connectivity index (χ1v) is 9.23. The molecular weight excluding hydrogens is 433 g/mol. The van der Waals surface area contributed by atoms with E-state index in [-0.39, 0.29) is 16.9 Å². The van der Waals surface area contributed by atoms with Crippen LogP contribution in [0.2, 0.25) is 0 Å². The molecule has 32 heavy (non-hydrogen) atoms. The first-order valence-electron chi connectivity index (χ1n) is 9.23. The lowest BCUT2D eigenvalue weighted by atomic mass is 9.91. The molecule has 168 valence electrons. The molecule has 1 heterocycles. The van der Waals surface area contributed by atoms with E-state index in [4.69, 9.17) is 0 Å². The van der Waals surface area contributed by atoms with Crippen molar-refractivity contribution >= 4 is 29.2 Å². The highest BCUT2D eigenvalue weighted by Crippen LogP contribution is 2.32.